The molecule has 0 saturated carbocycles. The second-order valence-corrected chi connectivity index (χ2v) is 7.87. The maximum Gasteiger partial charge on any atom is 0.245 e. The normalized spacial score (nSPS) is 13.7. The SMILES string of the molecule is COc1ccccc1-c1ccc2cnc(Nc3ccc4c(c3)CN(CC(N)=O)CC4)nn12. The molecule has 162 valence electrons. The maximum atomic E-state index is 11.3. The molecule has 0 unspecified atom stereocenters. The molecule has 3 N–H and O–H groups in total. The Hall–Kier alpha value is -3.91. The van der Waals surface area contributed by atoms with Crippen LogP contribution in [0.3, 0.4) is 0 Å². The Labute approximate surface area is 185 Å². The molecule has 2 aromatic carbocycles. The van der Waals surface area contributed by atoms with Crippen LogP contribution in [0.15, 0.2) is 60.8 Å². The molecule has 5 rings (SSSR count). The van der Waals surface area contributed by atoms with E-state index in [0.717, 1.165) is 41.2 Å². The van der Waals surface area contributed by atoms with Crippen LogP contribution >= 0.6 is 0 Å². The van der Waals surface area contributed by atoms with E-state index in [0.29, 0.717) is 12.5 Å². The largest absolute Gasteiger partial charge is 0.496 e. The van der Waals surface area contributed by atoms with Gasteiger partial charge in [-0.3, -0.25) is 9.69 Å². The van der Waals surface area contributed by atoms with E-state index >= 15 is 0 Å². The Balaban J connectivity index is 1.43. The van der Waals surface area contributed by atoms with Gasteiger partial charge < -0.3 is 15.8 Å². The zero-order valence-electron chi connectivity index (χ0n) is 17.8. The van der Waals surface area contributed by atoms with Gasteiger partial charge in [0.05, 0.1) is 31.1 Å². The average Bonchev–Trinajstić information content (AvgIpc) is 3.21. The fraction of sp³-hybridized carbons (Fsp3) is 0.208. The lowest BCUT2D eigenvalue weighted by atomic mass is 9.99. The Morgan fingerprint density at radius 1 is 1.16 bits per heavy atom. The van der Waals surface area contributed by atoms with Crippen molar-refractivity contribution in [2.75, 3.05) is 25.5 Å². The fourth-order valence-corrected chi connectivity index (χ4v) is 4.20. The van der Waals surface area contributed by atoms with E-state index in [1.54, 1.807) is 13.3 Å². The number of nitrogens with zero attached hydrogens (tertiary/aromatic N) is 4. The predicted octanol–water partition coefficient (Wildman–Crippen LogP) is 2.99. The van der Waals surface area contributed by atoms with Gasteiger partial charge in [-0.25, -0.2) is 9.50 Å². The van der Waals surface area contributed by atoms with Crippen LogP contribution in [0, 0.1) is 0 Å². The summed E-state index contributed by atoms with van der Waals surface area (Å²) in [6, 6.07) is 18.1. The van der Waals surface area contributed by atoms with Gasteiger partial charge in [0.1, 0.15) is 5.75 Å². The summed E-state index contributed by atoms with van der Waals surface area (Å²) >= 11 is 0. The number of aromatic nitrogens is 3. The zero-order chi connectivity index (χ0) is 22.1. The van der Waals surface area contributed by atoms with E-state index in [4.69, 9.17) is 15.6 Å². The number of nitrogens with two attached hydrogens (primary N) is 1. The van der Waals surface area contributed by atoms with E-state index in [1.165, 1.54) is 11.1 Å². The zero-order valence-corrected chi connectivity index (χ0v) is 17.8. The number of nitrogens with one attached hydrogen (secondary N) is 1. The van der Waals surface area contributed by atoms with Crippen molar-refractivity contribution in [1.29, 1.82) is 0 Å². The second-order valence-electron chi connectivity index (χ2n) is 7.87. The lowest BCUT2D eigenvalue weighted by molar-refractivity contribution is -0.119. The number of primary amides is 1. The number of amides is 1. The van der Waals surface area contributed by atoms with E-state index in [9.17, 15) is 4.79 Å². The molecule has 0 saturated heterocycles. The van der Waals surface area contributed by atoms with Crippen LogP contribution < -0.4 is 15.8 Å². The summed E-state index contributed by atoms with van der Waals surface area (Å²) in [5.74, 6) is 0.979. The molecule has 3 heterocycles. The van der Waals surface area contributed by atoms with Crippen LogP contribution in [0.2, 0.25) is 0 Å². The van der Waals surface area contributed by atoms with Crippen molar-refractivity contribution in [3.63, 3.8) is 0 Å². The van der Waals surface area contributed by atoms with Gasteiger partial charge >= 0.3 is 0 Å². The van der Waals surface area contributed by atoms with Gasteiger partial charge in [0.15, 0.2) is 0 Å². The highest BCUT2D eigenvalue weighted by molar-refractivity contribution is 5.76. The van der Waals surface area contributed by atoms with Gasteiger partial charge in [0, 0.05) is 24.3 Å². The van der Waals surface area contributed by atoms with E-state index in [2.05, 4.69) is 27.3 Å². The van der Waals surface area contributed by atoms with Crippen molar-refractivity contribution >= 4 is 23.1 Å². The number of hydrogen-bond donors (Lipinski definition) is 2. The Morgan fingerprint density at radius 3 is 2.88 bits per heavy atom. The summed E-state index contributed by atoms with van der Waals surface area (Å²) in [6.07, 6.45) is 2.69. The van der Waals surface area contributed by atoms with Gasteiger partial charge in [-0.2, -0.15) is 0 Å². The van der Waals surface area contributed by atoms with E-state index in [-0.39, 0.29) is 12.5 Å². The van der Waals surface area contributed by atoms with Crippen LogP contribution in [-0.4, -0.2) is 45.6 Å². The third-order valence-corrected chi connectivity index (χ3v) is 5.71. The van der Waals surface area contributed by atoms with Crippen LogP contribution in [0.25, 0.3) is 16.8 Å². The summed E-state index contributed by atoms with van der Waals surface area (Å²) in [4.78, 5) is 17.8. The minimum absolute atomic E-state index is 0.274. The minimum Gasteiger partial charge on any atom is -0.496 e. The molecule has 0 spiro atoms. The number of rotatable bonds is 6. The molecule has 0 bridgehead atoms. The molecule has 8 heteroatoms. The van der Waals surface area contributed by atoms with Crippen molar-refractivity contribution in [1.82, 2.24) is 19.5 Å². The third kappa shape index (κ3) is 3.88. The summed E-state index contributed by atoms with van der Waals surface area (Å²) in [5.41, 5.74) is 11.5. The molecule has 8 nitrogen and oxygen atoms in total. The van der Waals surface area contributed by atoms with Crippen molar-refractivity contribution in [2.24, 2.45) is 5.73 Å². The number of ether oxygens (including phenoxy) is 1. The van der Waals surface area contributed by atoms with Gasteiger partial charge in [-0.05, 0) is 53.9 Å². The van der Waals surface area contributed by atoms with Gasteiger partial charge in [0.25, 0.3) is 0 Å². The first-order valence-corrected chi connectivity index (χ1v) is 10.5. The molecule has 0 fully saturated rings. The number of fused-ring (bicyclic) bond motifs is 2. The second kappa shape index (κ2) is 8.32. The quantitative estimate of drug-likeness (QED) is 0.490. The lowest BCUT2D eigenvalue weighted by Crippen LogP contribution is -2.37. The molecule has 1 aliphatic heterocycles. The summed E-state index contributed by atoms with van der Waals surface area (Å²) in [7, 11) is 1.66. The Kier molecular flexibility index (Phi) is 5.20. The first-order chi connectivity index (χ1) is 15.6. The monoisotopic (exact) mass is 428 g/mol. The molecule has 1 aliphatic rings. The van der Waals surface area contributed by atoms with Crippen molar-refractivity contribution in [3.05, 3.63) is 71.9 Å². The minimum atomic E-state index is -0.304. The third-order valence-electron chi connectivity index (χ3n) is 5.71. The topological polar surface area (TPSA) is 97.8 Å². The fourth-order valence-electron chi connectivity index (χ4n) is 4.20. The van der Waals surface area contributed by atoms with Crippen molar-refractivity contribution < 1.29 is 9.53 Å². The maximum absolute atomic E-state index is 11.3. The highest BCUT2D eigenvalue weighted by atomic mass is 16.5. The molecule has 1 amide bonds. The molecular formula is C24H24N6O2. The summed E-state index contributed by atoms with van der Waals surface area (Å²) in [5, 5.41) is 8.03. The molecule has 32 heavy (non-hydrogen) atoms. The Morgan fingerprint density at radius 2 is 2.03 bits per heavy atom. The predicted molar refractivity (Wildman–Crippen MR) is 123 cm³/mol. The molecule has 0 aliphatic carbocycles. The molecular weight excluding hydrogens is 404 g/mol. The molecule has 4 aromatic rings. The standard InChI is InChI=1S/C24H24N6O2/c1-32-22-5-3-2-4-20(22)21-9-8-19-13-26-24(28-30(19)21)27-18-7-6-16-10-11-29(15-23(25)31)14-17(16)12-18/h2-9,12-13H,10-11,14-15H2,1H3,(H2,25,31)(H,27,28). The average molecular weight is 428 g/mol. The van der Waals surface area contributed by atoms with Gasteiger partial charge in [0.2, 0.25) is 11.9 Å². The lowest BCUT2D eigenvalue weighted by Gasteiger charge is -2.28. The number of carbonyl (C=O) groups excluding carboxylic acids is 1. The van der Waals surface area contributed by atoms with Crippen LogP contribution in [0.1, 0.15) is 11.1 Å². The number of para-hydroxylation sites is 1. The highest BCUT2D eigenvalue weighted by Crippen LogP contribution is 2.31. The molecule has 0 radical (unpaired) electrons. The number of anilines is 2. The Bertz CT molecular complexity index is 1300. The van der Waals surface area contributed by atoms with Crippen LogP contribution in [-0.2, 0) is 17.8 Å². The van der Waals surface area contributed by atoms with Crippen molar-refractivity contribution in [3.8, 4) is 17.0 Å². The number of methoxy groups -OCH3 is 1. The summed E-state index contributed by atoms with van der Waals surface area (Å²) in [6.45, 7) is 1.81. The van der Waals surface area contributed by atoms with Crippen LogP contribution in [0.4, 0.5) is 11.6 Å². The van der Waals surface area contributed by atoms with Gasteiger partial charge in [-0.15, -0.1) is 5.10 Å². The van der Waals surface area contributed by atoms with Gasteiger partial charge in [-0.1, -0.05) is 18.2 Å². The molecule has 2 aromatic heterocycles. The summed E-state index contributed by atoms with van der Waals surface area (Å²) < 4.78 is 7.39. The molecule has 0 atom stereocenters. The van der Waals surface area contributed by atoms with E-state index < -0.39 is 0 Å². The van der Waals surface area contributed by atoms with E-state index in [1.807, 2.05) is 47.0 Å². The number of carbonyl (C=O) groups is 1. The van der Waals surface area contributed by atoms with Crippen LogP contribution in [0.5, 0.6) is 5.75 Å². The first kappa shape index (κ1) is 20.0. The number of benzene rings is 2. The smallest absolute Gasteiger partial charge is 0.245 e. The van der Waals surface area contributed by atoms with Crippen molar-refractivity contribution in [2.45, 2.75) is 13.0 Å². The number of hydrogen-bond acceptors (Lipinski definition) is 6. The highest BCUT2D eigenvalue weighted by Gasteiger charge is 2.18. The first-order valence-electron chi connectivity index (χ1n) is 10.5.